The molecule has 144 valence electrons. The maximum absolute atomic E-state index is 12.8. The number of ether oxygens (including phenoxy) is 1. The van der Waals surface area contributed by atoms with E-state index in [0.29, 0.717) is 38.2 Å². The summed E-state index contributed by atoms with van der Waals surface area (Å²) in [6.07, 6.45) is 4.68. The summed E-state index contributed by atoms with van der Waals surface area (Å²) >= 11 is 0. The lowest BCUT2D eigenvalue weighted by Crippen LogP contribution is -2.42. The van der Waals surface area contributed by atoms with Crippen molar-refractivity contribution in [3.8, 4) is 0 Å². The van der Waals surface area contributed by atoms with Crippen molar-refractivity contribution in [2.75, 3.05) is 25.0 Å². The Bertz CT molecular complexity index is 1030. The number of benzene rings is 1. The van der Waals surface area contributed by atoms with Crippen molar-refractivity contribution in [3.63, 3.8) is 0 Å². The Kier molecular flexibility index (Phi) is 5.06. The largest absolute Gasteiger partial charge is 0.466 e. The zero-order valence-electron chi connectivity index (χ0n) is 15.7. The van der Waals surface area contributed by atoms with Crippen molar-refractivity contribution in [1.29, 1.82) is 0 Å². The topological polar surface area (TPSA) is 84.4 Å². The van der Waals surface area contributed by atoms with Crippen LogP contribution in [0.25, 0.3) is 21.8 Å². The van der Waals surface area contributed by atoms with Gasteiger partial charge >= 0.3 is 12.0 Å². The first kappa shape index (κ1) is 18.2. The molecule has 4 rings (SSSR count). The van der Waals surface area contributed by atoms with Gasteiger partial charge in [0, 0.05) is 36.3 Å². The first-order valence-electron chi connectivity index (χ1n) is 9.52. The van der Waals surface area contributed by atoms with Crippen molar-refractivity contribution in [3.05, 3.63) is 42.7 Å². The summed E-state index contributed by atoms with van der Waals surface area (Å²) in [7, 11) is 0. The van der Waals surface area contributed by atoms with Gasteiger partial charge in [-0.3, -0.25) is 14.8 Å². The minimum Gasteiger partial charge on any atom is -0.466 e. The Morgan fingerprint density at radius 2 is 1.86 bits per heavy atom. The average Bonchev–Trinajstić information content (AvgIpc) is 2.74. The van der Waals surface area contributed by atoms with E-state index in [1.54, 1.807) is 24.2 Å². The van der Waals surface area contributed by atoms with Crippen LogP contribution in [-0.4, -0.2) is 46.6 Å². The van der Waals surface area contributed by atoms with Crippen LogP contribution in [0.2, 0.25) is 0 Å². The van der Waals surface area contributed by atoms with Gasteiger partial charge in [-0.2, -0.15) is 0 Å². The Hall–Kier alpha value is -3.22. The lowest BCUT2D eigenvalue weighted by Gasteiger charge is -2.31. The normalized spacial score (nSPS) is 15.0. The van der Waals surface area contributed by atoms with E-state index >= 15 is 0 Å². The maximum atomic E-state index is 12.8. The number of hydrogen-bond donors (Lipinski definition) is 1. The number of nitrogens with one attached hydrogen (secondary N) is 1. The van der Waals surface area contributed by atoms with Crippen LogP contribution >= 0.6 is 0 Å². The van der Waals surface area contributed by atoms with Gasteiger partial charge in [0.05, 0.1) is 29.2 Å². The highest BCUT2D eigenvalue weighted by Gasteiger charge is 2.28. The smallest absolute Gasteiger partial charge is 0.321 e. The van der Waals surface area contributed by atoms with Crippen LogP contribution in [0.5, 0.6) is 0 Å². The van der Waals surface area contributed by atoms with Gasteiger partial charge in [0.25, 0.3) is 0 Å². The van der Waals surface area contributed by atoms with E-state index in [-0.39, 0.29) is 17.9 Å². The van der Waals surface area contributed by atoms with Crippen molar-refractivity contribution >= 4 is 39.5 Å². The van der Waals surface area contributed by atoms with Gasteiger partial charge in [0.2, 0.25) is 0 Å². The predicted molar refractivity (Wildman–Crippen MR) is 107 cm³/mol. The van der Waals surface area contributed by atoms with Gasteiger partial charge in [-0.25, -0.2) is 4.79 Å². The van der Waals surface area contributed by atoms with E-state index in [1.165, 1.54) is 0 Å². The molecule has 2 aromatic heterocycles. The van der Waals surface area contributed by atoms with Gasteiger partial charge in [-0.15, -0.1) is 0 Å². The second kappa shape index (κ2) is 7.80. The number of carbonyl (C=O) groups is 2. The quantitative estimate of drug-likeness (QED) is 0.556. The third-order valence-electron chi connectivity index (χ3n) is 5.12. The molecule has 1 N–H and O–H groups in total. The molecule has 28 heavy (non-hydrogen) atoms. The number of pyridine rings is 2. The Labute approximate surface area is 162 Å². The Morgan fingerprint density at radius 1 is 1.14 bits per heavy atom. The van der Waals surface area contributed by atoms with Gasteiger partial charge in [0.1, 0.15) is 0 Å². The van der Waals surface area contributed by atoms with Crippen LogP contribution in [0.15, 0.2) is 42.7 Å². The number of carbonyl (C=O) groups excluding carboxylic acids is 2. The number of urea groups is 1. The van der Waals surface area contributed by atoms with Crippen molar-refractivity contribution in [2.24, 2.45) is 5.92 Å². The molecule has 0 bridgehead atoms. The molecule has 0 saturated carbocycles. The highest BCUT2D eigenvalue weighted by atomic mass is 16.5. The number of amides is 2. The van der Waals surface area contributed by atoms with Crippen LogP contribution in [0.4, 0.5) is 10.5 Å². The molecule has 0 aliphatic carbocycles. The third kappa shape index (κ3) is 3.47. The number of esters is 1. The molecular formula is C21H22N4O3. The molecule has 3 aromatic rings. The van der Waals surface area contributed by atoms with Gasteiger partial charge in [-0.05, 0) is 38.0 Å². The fourth-order valence-corrected chi connectivity index (χ4v) is 3.67. The van der Waals surface area contributed by atoms with Crippen molar-refractivity contribution in [1.82, 2.24) is 14.9 Å². The molecule has 1 saturated heterocycles. The standard InChI is InChI=1S/C21H22N4O3/c1-2-28-20(26)14-7-11-25(12-8-14)21(27)24-18-13-17-15(5-3-9-22-17)16-6-4-10-23-19(16)18/h3-6,9-10,13-14H,2,7-8,11-12H2,1H3,(H,24,27). The van der Waals surface area contributed by atoms with Gasteiger partial charge in [0.15, 0.2) is 0 Å². The highest BCUT2D eigenvalue weighted by Crippen LogP contribution is 2.30. The summed E-state index contributed by atoms with van der Waals surface area (Å²) in [5.41, 5.74) is 2.18. The number of likely N-dealkylation sites (tertiary alicyclic amines) is 1. The molecule has 1 aliphatic rings. The lowest BCUT2D eigenvalue weighted by molar-refractivity contribution is -0.149. The second-order valence-corrected chi connectivity index (χ2v) is 6.84. The van der Waals surface area contributed by atoms with Crippen LogP contribution < -0.4 is 5.32 Å². The summed E-state index contributed by atoms with van der Waals surface area (Å²) in [6, 6.07) is 9.41. The first-order valence-corrected chi connectivity index (χ1v) is 9.52. The van der Waals surface area contributed by atoms with Crippen molar-refractivity contribution in [2.45, 2.75) is 19.8 Å². The summed E-state index contributed by atoms with van der Waals surface area (Å²) in [6.45, 7) is 3.23. The molecule has 0 radical (unpaired) electrons. The van der Waals surface area contributed by atoms with E-state index in [0.717, 1.165) is 21.8 Å². The third-order valence-corrected chi connectivity index (χ3v) is 5.12. The van der Waals surface area contributed by atoms with Crippen LogP contribution in [0, 0.1) is 5.92 Å². The molecule has 0 unspecified atom stereocenters. The highest BCUT2D eigenvalue weighted by molar-refractivity contribution is 6.12. The molecule has 7 heteroatoms. The number of fused-ring (bicyclic) bond motifs is 3. The molecule has 1 aromatic carbocycles. The lowest BCUT2D eigenvalue weighted by atomic mass is 9.97. The van der Waals surface area contributed by atoms with Crippen LogP contribution in [-0.2, 0) is 9.53 Å². The summed E-state index contributed by atoms with van der Waals surface area (Å²) in [5, 5.41) is 4.93. The van der Waals surface area contributed by atoms with Crippen LogP contribution in [0.1, 0.15) is 19.8 Å². The Morgan fingerprint density at radius 3 is 2.61 bits per heavy atom. The summed E-state index contributed by atoms with van der Waals surface area (Å²) < 4.78 is 5.09. The molecular weight excluding hydrogens is 356 g/mol. The van der Waals surface area contributed by atoms with E-state index in [4.69, 9.17) is 4.74 Å². The molecule has 1 aliphatic heterocycles. The van der Waals surface area contributed by atoms with E-state index < -0.39 is 0 Å². The predicted octanol–water partition coefficient (Wildman–Crippen LogP) is 3.59. The maximum Gasteiger partial charge on any atom is 0.321 e. The van der Waals surface area contributed by atoms with Crippen LogP contribution in [0.3, 0.4) is 0 Å². The molecule has 0 atom stereocenters. The SMILES string of the molecule is CCOC(=O)C1CCN(C(=O)Nc2cc3ncccc3c3cccnc23)CC1. The first-order chi connectivity index (χ1) is 13.7. The summed E-state index contributed by atoms with van der Waals surface area (Å²) in [5.74, 6) is -0.297. The molecule has 2 amide bonds. The molecule has 0 spiro atoms. The Balaban J connectivity index is 1.53. The van der Waals surface area contributed by atoms with Gasteiger partial charge < -0.3 is 15.0 Å². The van der Waals surface area contributed by atoms with Crippen molar-refractivity contribution < 1.29 is 14.3 Å². The van der Waals surface area contributed by atoms with Gasteiger partial charge in [-0.1, -0.05) is 12.1 Å². The number of hydrogen-bond acceptors (Lipinski definition) is 5. The second-order valence-electron chi connectivity index (χ2n) is 6.84. The number of aromatic nitrogens is 2. The number of piperidine rings is 1. The fraction of sp³-hybridized carbons (Fsp3) is 0.333. The average molecular weight is 378 g/mol. The summed E-state index contributed by atoms with van der Waals surface area (Å²) in [4.78, 5) is 35.3. The molecule has 3 heterocycles. The zero-order chi connectivity index (χ0) is 19.5. The van der Waals surface area contributed by atoms with E-state index in [2.05, 4.69) is 15.3 Å². The van der Waals surface area contributed by atoms with E-state index in [9.17, 15) is 9.59 Å². The minimum absolute atomic E-state index is 0.128. The monoisotopic (exact) mass is 378 g/mol. The zero-order valence-corrected chi connectivity index (χ0v) is 15.7. The number of nitrogens with zero attached hydrogens (tertiary/aromatic N) is 3. The fourth-order valence-electron chi connectivity index (χ4n) is 3.67. The number of anilines is 1. The molecule has 1 fully saturated rings. The molecule has 7 nitrogen and oxygen atoms in total. The minimum atomic E-state index is -0.190. The van der Waals surface area contributed by atoms with E-state index in [1.807, 2.05) is 30.3 Å². The number of rotatable bonds is 3.